The van der Waals surface area contributed by atoms with Gasteiger partial charge in [0.15, 0.2) is 0 Å². The van der Waals surface area contributed by atoms with Gasteiger partial charge in [-0.05, 0) is 69.2 Å². The van der Waals surface area contributed by atoms with E-state index in [1.165, 1.54) is 16.0 Å². The third-order valence-corrected chi connectivity index (χ3v) is 7.95. The van der Waals surface area contributed by atoms with Crippen molar-refractivity contribution in [2.75, 3.05) is 13.2 Å². The summed E-state index contributed by atoms with van der Waals surface area (Å²) in [7, 11) is 0. The molecule has 2 aliphatic heterocycles. The maximum Gasteiger partial charge on any atom is 0.303 e. The van der Waals surface area contributed by atoms with Gasteiger partial charge in [-0.1, -0.05) is 30.9 Å². The fourth-order valence-electron chi connectivity index (χ4n) is 6.25. The number of allylic oxidation sites excluding steroid dienone is 2. The molecular formula is C29H39NO7. The van der Waals surface area contributed by atoms with Gasteiger partial charge in [-0.25, -0.2) is 0 Å². The molecule has 0 unspecified atom stereocenters. The van der Waals surface area contributed by atoms with Crippen LogP contribution in [0, 0.1) is 17.8 Å². The van der Waals surface area contributed by atoms with Crippen molar-refractivity contribution >= 4 is 23.9 Å². The van der Waals surface area contributed by atoms with Crippen LogP contribution in [0.4, 0.5) is 0 Å². The number of carbonyl (C=O) groups excluding carboxylic acids is 2. The van der Waals surface area contributed by atoms with Crippen LogP contribution in [-0.4, -0.2) is 52.2 Å². The number of amides is 2. The summed E-state index contributed by atoms with van der Waals surface area (Å²) in [5.74, 6) is -0.393. The topological polar surface area (TPSA) is 117 Å². The molecule has 1 aromatic heterocycles. The minimum Gasteiger partial charge on any atom is -0.481 e. The summed E-state index contributed by atoms with van der Waals surface area (Å²) in [5.41, 5.74) is 3.69. The predicted molar refractivity (Wildman–Crippen MR) is 137 cm³/mol. The van der Waals surface area contributed by atoms with Crippen LogP contribution in [0.5, 0.6) is 0 Å². The number of imide groups is 1. The van der Waals surface area contributed by atoms with E-state index in [1.807, 2.05) is 12.1 Å². The summed E-state index contributed by atoms with van der Waals surface area (Å²) < 4.78 is 11.9. The van der Waals surface area contributed by atoms with Crippen LogP contribution in [-0.2, 0) is 25.7 Å². The molecule has 2 amide bonds. The number of carboxylic acids is 1. The summed E-state index contributed by atoms with van der Waals surface area (Å²) in [4.78, 5) is 38.9. The third-order valence-electron chi connectivity index (χ3n) is 7.95. The Hall–Kier alpha value is -2.71. The first-order valence-electron chi connectivity index (χ1n) is 13.6. The number of aliphatic carboxylic acids is 1. The zero-order chi connectivity index (χ0) is 26.5. The van der Waals surface area contributed by atoms with Crippen LogP contribution in [0.15, 0.2) is 33.3 Å². The fraction of sp³-hybridized carbons (Fsp3) is 0.621. The lowest BCUT2D eigenvalue weighted by atomic mass is 9.68. The quantitative estimate of drug-likeness (QED) is 0.223. The first-order valence-corrected chi connectivity index (χ1v) is 13.6. The molecule has 0 bridgehead atoms. The molecule has 1 aromatic rings. The highest BCUT2D eigenvalue weighted by molar-refractivity contribution is 6.05. The maximum atomic E-state index is 13.4. The number of hydrogen-bond acceptors (Lipinski definition) is 6. The van der Waals surface area contributed by atoms with E-state index in [2.05, 4.69) is 13.8 Å². The second kappa shape index (κ2) is 12.2. The predicted octanol–water partition coefficient (Wildman–Crippen LogP) is 4.72. The number of ether oxygens (including phenoxy) is 1. The molecule has 3 aliphatic rings. The lowest BCUT2D eigenvalue weighted by Crippen LogP contribution is -2.34. The molecule has 2 saturated heterocycles. The number of carbonyl (C=O) groups is 3. The molecule has 2 fully saturated rings. The molecule has 4 rings (SSSR count). The van der Waals surface area contributed by atoms with Crippen molar-refractivity contribution in [3.05, 3.63) is 40.4 Å². The zero-order valence-electron chi connectivity index (χ0n) is 21.9. The second-order valence-electron chi connectivity index (χ2n) is 10.6. The van der Waals surface area contributed by atoms with E-state index < -0.39 is 5.97 Å². The zero-order valence-corrected chi connectivity index (χ0v) is 21.9. The van der Waals surface area contributed by atoms with Crippen LogP contribution in [0.3, 0.4) is 0 Å². The second-order valence-corrected chi connectivity index (χ2v) is 10.6. The van der Waals surface area contributed by atoms with Crippen molar-refractivity contribution in [1.82, 2.24) is 4.90 Å². The van der Waals surface area contributed by atoms with Gasteiger partial charge in [-0.2, -0.15) is 0 Å². The molecule has 202 valence electrons. The number of carboxylic acid groups (broad SMARTS) is 1. The highest BCUT2D eigenvalue weighted by Gasteiger charge is 2.56. The number of aliphatic hydroxyl groups excluding tert-OH is 1. The van der Waals surface area contributed by atoms with Gasteiger partial charge in [0.25, 0.3) is 0 Å². The van der Waals surface area contributed by atoms with E-state index in [-0.39, 0.29) is 48.7 Å². The van der Waals surface area contributed by atoms with Gasteiger partial charge in [0.1, 0.15) is 18.1 Å². The molecule has 1 aliphatic carbocycles. The van der Waals surface area contributed by atoms with Crippen molar-refractivity contribution < 1.29 is 33.8 Å². The van der Waals surface area contributed by atoms with E-state index in [0.29, 0.717) is 44.6 Å². The first-order chi connectivity index (χ1) is 17.8. The Bertz CT molecular complexity index is 1070. The number of unbranched alkanes of at least 4 members (excludes halogenated alkanes) is 2. The molecule has 2 N–H and O–H groups in total. The summed E-state index contributed by atoms with van der Waals surface area (Å²) in [6.07, 6.45) is 8.08. The smallest absolute Gasteiger partial charge is 0.303 e. The summed E-state index contributed by atoms with van der Waals surface area (Å²) >= 11 is 0. The molecule has 8 heteroatoms. The Morgan fingerprint density at radius 2 is 1.95 bits per heavy atom. The molecule has 4 atom stereocenters. The monoisotopic (exact) mass is 513 g/mol. The van der Waals surface area contributed by atoms with Gasteiger partial charge in [-0.3, -0.25) is 19.3 Å². The van der Waals surface area contributed by atoms with Gasteiger partial charge >= 0.3 is 5.97 Å². The molecule has 0 aromatic carbocycles. The van der Waals surface area contributed by atoms with Crippen molar-refractivity contribution in [2.45, 2.75) is 84.3 Å². The number of nitrogens with zero attached hydrogens (tertiary/aromatic N) is 1. The van der Waals surface area contributed by atoms with E-state index >= 15 is 0 Å². The van der Waals surface area contributed by atoms with Gasteiger partial charge < -0.3 is 19.4 Å². The molecule has 8 nitrogen and oxygen atoms in total. The average Bonchev–Trinajstić information content (AvgIpc) is 3.56. The number of likely N-dealkylation sites (tertiary alicyclic amines) is 1. The number of aliphatic hydroxyl groups is 1. The molecule has 3 heterocycles. The normalized spacial score (nSPS) is 25.7. The summed E-state index contributed by atoms with van der Waals surface area (Å²) in [6, 6.07) is 3.62. The SMILES string of the molecule is CCCC1=C2[C@@H](CC/C(C)=C/c3ccc(CO)o3)OC[C@@H]2[C@@H]2C(=O)N(CCCCCC(=O)O)C(=O)[C@@H]2C1. The van der Waals surface area contributed by atoms with E-state index in [1.54, 1.807) is 6.07 Å². The van der Waals surface area contributed by atoms with Crippen LogP contribution < -0.4 is 0 Å². The Balaban J connectivity index is 1.43. The Morgan fingerprint density at radius 1 is 1.14 bits per heavy atom. The van der Waals surface area contributed by atoms with Crippen LogP contribution in [0.2, 0.25) is 0 Å². The van der Waals surface area contributed by atoms with Crippen molar-refractivity contribution in [3.63, 3.8) is 0 Å². The van der Waals surface area contributed by atoms with E-state index in [4.69, 9.17) is 14.3 Å². The largest absolute Gasteiger partial charge is 0.481 e. The van der Waals surface area contributed by atoms with Gasteiger partial charge in [0, 0.05) is 18.9 Å². The number of fused-ring (bicyclic) bond motifs is 3. The Labute approximate surface area is 218 Å². The molecular weight excluding hydrogens is 474 g/mol. The average molecular weight is 514 g/mol. The van der Waals surface area contributed by atoms with Crippen molar-refractivity contribution in [2.24, 2.45) is 17.8 Å². The molecule has 37 heavy (non-hydrogen) atoms. The number of hydrogen-bond donors (Lipinski definition) is 2. The first kappa shape index (κ1) is 27.3. The molecule has 0 spiro atoms. The standard InChI is InChI=1S/C29H39NO7/c1-3-7-19-15-22-27(29(35)30(28(22)34)13-6-4-5-8-25(32)33)23-17-36-24(26(19)23)12-9-18(2)14-20-10-11-21(16-31)37-20/h10-11,14,22-24,27,31H,3-9,12-13,15-17H2,1-2H3,(H,32,33)/b18-14+/t22-,23+,24-,27-/m1/s1. The van der Waals surface area contributed by atoms with E-state index in [0.717, 1.165) is 37.0 Å². The van der Waals surface area contributed by atoms with E-state index in [9.17, 15) is 19.5 Å². The van der Waals surface area contributed by atoms with Crippen molar-refractivity contribution in [3.8, 4) is 0 Å². The van der Waals surface area contributed by atoms with Gasteiger partial charge in [0.2, 0.25) is 11.8 Å². The van der Waals surface area contributed by atoms with Crippen LogP contribution >= 0.6 is 0 Å². The fourth-order valence-corrected chi connectivity index (χ4v) is 6.25. The summed E-state index contributed by atoms with van der Waals surface area (Å²) in [6.45, 7) is 4.92. The Morgan fingerprint density at radius 3 is 2.65 bits per heavy atom. The minimum absolute atomic E-state index is 0.0415. The number of rotatable bonds is 13. The lowest BCUT2D eigenvalue weighted by molar-refractivity contribution is -0.141. The Kier molecular flexibility index (Phi) is 9.03. The van der Waals surface area contributed by atoms with Gasteiger partial charge in [-0.15, -0.1) is 0 Å². The van der Waals surface area contributed by atoms with Gasteiger partial charge in [0.05, 0.1) is 24.5 Å². The highest BCUT2D eigenvalue weighted by Crippen LogP contribution is 2.50. The summed E-state index contributed by atoms with van der Waals surface area (Å²) in [5, 5.41) is 18.0. The highest BCUT2D eigenvalue weighted by atomic mass is 16.5. The molecule has 0 radical (unpaired) electrons. The van der Waals surface area contributed by atoms with Crippen molar-refractivity contribution in [1.29, 1.82) is 0 Å². The third kappa shape index (κ3) is 6.07. The minimum atomic E-state index is -0.820. The number of furan rings is 1. The van der Waals surface area contributed by atoms with Crippen LogP contribution in [0.25, 0.3) is 6.08 Å². The maximum absolute atomic E-state index is 13.4. The molecule has 0 saturated carbocycles. The van der Waals surface area contributed by atoms with Crippen LogP contribution in [0.1, 0.15) is 83.2 Å². The lowest BCUT2D eigenvalue weighted by Gasteiger charge is -2.32.